The second-order valence-corrected chi connectivity index (χ2v) is 4.24. The van der Waals surface area contributed by atoms with Crippen LogP contribution in [0.2, 0.25) is 0 Å². The predicted molar refractivity (Wildman–Crippen MR) is 73.9 cm³/mol. The maximum absolute atomic E-state index is 11.6. The molecule has 2 rings (SSSR count). The molecule has 0 fully saturated rings. The highest BCUT2D eigenvalue weighted by Crippen LogP contribution is 2.20. The molecule has 2 aromatic carbocycles. The Labute approximate surface area is 120 Å². The van der Waals surface area contributed by atoms with Crippen LogP contribution < -0.4 is 4.74 Å². The van der Waals surface area contributed by atoms with Crippen LogP contribution in [0, 0.1) is 0 Å². The molecule has 20 heavy (non-hydrogen) atoms. The summed E-state index contributed by atoms with van der Waals surface area (Å²) in [5, 5.41) is -0.698. The number of hydrogen-bond acceptors (Lipinski definition) is 4. The summed E-state index contributed by atoms with van der Waals surface area (Å²) in [4.78, 5) is 22.7. The molecular formula is C15H11ClO4. The van der Waals surface area contributed by atoms with Gasteiger partial charge in [0.25, 0.3) is 5.24 Å². The zero-order valence-corrected chi connectivity index (χ0v) is 11.2. The molecule has 0 amide bonds. The first-order chi connectivity index (χ1) is 9.66. The molecule has 0 aliphatic carbocycles. The third kappa shape index (κ3) is 3.83. The lowest BCUT2D eigenvalue weighted by molar-refractivity contribution is 0.0920. The van der Waals surface area contributed by atoms with Gasteiger partial charge in [-0.05, 0) is 29.3 Å². The van der Waals surface area contributed by atoms with Crippen molar-refractivity contribution < 1.29 is 19.1 Å². The molecule has 0 spiro atoms. The van der Waals surface area contributed by atoms with Crippen molar-refractivity contribution in [2.75, 3.05) is 0 Å². The van der Waals surface area contributed by atoms with Crippen molar-refractivity contribution in [3.8, 4) is 5.75 Å². The van der Waals surface area contributed by atoms with Gasteiger partial charge in [-0.3, -0.25) is 4.79 Å². The van der Waals surface area contributed by atoms with E-state index in [2.05, 4.69) is 0 Å². The quantitative estimate of drug-likeness (QED) is 0.488. The minimum absolute atomic E-state index is 0.0746. The van der Waals surface area contributed by atoms with E-state index in [9.17, 15) is 9.59 Å². The van der Waals surface area contributed by atoms with E-state index in [0.29, 0.717) is 0 Å². The first kappa shape index (κ1) is 14.1. The van der Waals surface area contributed by atoms with Gasteiger partial charge in [0.15, 0.2) is 0 Å². The Kier molecular flexibility index (Phi) is 4.74. The maximum atomic E-state index is 11.6. The number of ether oxygens (including phenoxy) is 2. The zero-order valence-electron chi connectivity index (χ0n) is 10.4. The highest BCUT2D eigenvalue weighted by atomic mass is 35.5. The van der Waals surface area contributed by atoms with Crippen LogP contribution in [-0.4, -0.2) is 11.4 Å². The van der Waals surface area contributed by atoms with E-state index in [1.165, 1.54) is 12.1 Å². The lowest BCUT2D eigenvalue weighted by atomic mass is 10.2. The fourth-order valence-electron chi connectivity index (χ4n) is 1.55. The molecule has 0 aliphatic rings. The largest absolute Gasteiger partial charge is 0.514 e. The second kappa shape index (κ2) is 6.73. The number of hydrogen-bond donors (Lipinski definition) is 0. The lowest BCUT2D eigenvalue weighted by Crippen LogP contribution is -2.12. The molecule has 0 aliphatic heterocycles. The van der Waals surface area contributed by atoms with E-state index in [4.69, 9.17) is 21.1 Å². The Bertz CT molecular complexity index is 610. The van der Waals surface area contributed by atoms with Gasteiger partial charge in [0.05, 0.1) is 5.56 Å². The maximum Gasteiger partial charge on any atom is 0.514 e. The summed E-state index contributed by atoms with van der Waals surface area (Å²) >= 11 is 5.39. The fourth-order valence-corrected chi connectivity index (χ4v) is 1.71. The van der Waals surface area contributed by atoms with Crippen molar-refractivity contribution >= 4 is 23.0 Å². The number of carbonyl (C=O) groups excluding carboxylic acids is 2. The van der Waals surface area contributed by atoms with Crippen molar-refractivity contribution in [3.05, 3.63) is 65.7 Å². The Morgan fingerprint density at radius 3 is 2.30 bits per heavy atom. The van der Waals surface area contributed by atoms with Crippen LogP contribution in [0.15, 0.2) is 54.6 Å². The summed E-state index contributed by atoms with van der Waals surface area (Å²) in [6, 6.07) is 15.4. The van der Waals surface area contributed by atoms with Gasteiger partial charge in [-0.15, -0.1) is 0 Å². The minimum Gasteiger partial charge on any atom is -0.429 e. The molecule has 5 heteroatoms. The van der Waals surface area contributed by atoms with Gasteiger partial charge < -0.3 is 9.47 Å². The summed E-state index contributed by atoms with van der Waals surface area (Å²) in [6.07, 6.45) is -0.890. The molecular weight excluding hydrogens is 280 g/mol. The minimum atomic E-state index is -0.890. The van der Waals surface area contributed by atoms with E-state index in [1.54, 1.807) is 12.1 Å². The van der Waals surface area contributed by atoms with Crippen LogP contribution in [0.3, 0.4) is 0 Å². The summed E-state index contributed by atoms with van der Waals surface area (Å²) < 4.78 is 9.91. The number of benzene rings is 2. The van der Waals surface area contributed by atoms with Crippen molar-refractivity contribution in [1.29, 1.82) is 0 Å². The molecule has 0 heterocycles. The van der Waals surface area contributed by atoms with Crippen molar-refractivity contribution in [1.82, 2.24) is 0 Å². The van der Waals surface area contributed by atoms with Gasteiger partial charge in [0.1, 0.15) is 12.4 Å². The molecule has 0 saturated carbocycles. The monoisotopic (exact) mass is 290 g/mol. The Morgan fingerprint density at radius 2 is 1.60 bits per heavy atom. The molecule has 0 bridgehead atoms. The average Bonchev–Trinajstić information content (AvgIpc) is 2.46. The number of halogens is 1. The Balaban J connectivity index is 1.97. The third-order valence-electron chi connectivity index (χ3n) is 2.49. The topological polar surface area (TPSA) is 52.6 Å². The molecule has 4 nitrogen and oxygen atoms in total. The van der Waals surface area contributed by atoms with Crippen LogP contribution >= 0.6 is 11.6 Å². The lowest BCUT2D eigenvalue weighted by Gasteiger charge is -2.08. The van der Waals surface area contributed by atoms with Crippen molar-refractivity contribution in [3.63, 3.8) is 0 Å². The second-order valence-electron chi connectivity index (χ2n) is 3.90. The molecule has 0 atom stereocenters. The fraction of sp³-hybridized carbons (Fsp3) is 0.0667. The van der Waals surface area contributed by atoms with Gasteiger partial charge in [0, 0.05) is 0 Å². The summed E-state index contributed by atoms with van der Waals surface area (Å²) in [5.74, 6) is 0.0746. The first-order valence-electron chi connectivity index (χ1n) is 5.84. The standard InChI is InChI=1S/C15H11ClO4/c16-14(17)12-8-4-5-9-13(12)20-15(18)19-10-11-6-2-1-3-7-11/h1-9H,10H2. The van der Waals surface area contributed by atoms with E-state index in [-0.39, 0.29) is 17.9 Å². The van der Waals surface area contributed by atoms with Crippen LogP contribution in [0.4, 0.5) is 4.79 Å². The van der Waals surface area contributed by atoms with Crippen LogP contribution in [0.5, 0.6) is 5.75 Å². The van der Waals surface area contributed by atoms with Gasteiger partial charge in [-0.25, -0.2) is 4.79 Å². The van der Waals surface area contributed by atoms with E-state index in [0.717, 1.165) is 5.56 Å². The van der Waals surface area contributed by atoms with Gasteiger partial charge in [-0.2, -0.15) is 0 Å². The normalized spacial score (nSPS) is 9.85. The van der Waals surface area contributed by atoms with E-state index < -0.39 is 11.4 Å². The summed E-state index contributed by atoms with van der Waals surface area (Å²) in [7, 11) is 0. The SMILES string of the molecule is O=C(OCc1ccccc1)Oc1ccccc1C(=O)Cl. The molecule has 102 valence electrons. The highest BCUT2D eigenvalue weighted by Gasteiger charge is 2.13. The Morgan fingerprint density at radius 1 is 0.950 bits per heavy atom. The molecule has 0 saturated heterocycles. The van der Waals surface area contributed by atoms with Gasteiger partial charge in [0.2, 0.25) is 0 Å². The molecule has 0 radical (unpaired) electrons. The third-order valence-corrected chi connectivity index (χ3v) is 2.70. The van der Waals surface area contributed by atoms with Gasteiger partial charge in [-0.1, -0.05) is 42.5 Å². The first-order valence-corrected chi connectivity index (χ1v) is 6.22. The summed E-state index contributed by atoms with van der Waals surface area (Å²) in [5.41, 5.74) is 0.956. The smallest absolute Gasteiger partial charge is 0.429 e. The van der Waals surface area contributed by atoms with Crippen LogP contribution in [-0.2, 0) is 11.3 Å². The average molecular weight is 291 g/mol. The van der Waals surface area contributed by atoms with Gasteiger partial charge >= 0.3 is 6.16 Å². The summed E-state index contributed by atoms with van der Waals surface area (Å²) in [6.45, 7) is 0.0939. The van der Waals surface area contributed by atoms with E-state index >= 15 is 0 Å². The Hall–Kier alpha value is -2.33. The molecule has 0 aromatic heterocycles. The highest BCUT2D eigenvalue weighted by molar-refractivity contribution is 6.68. The van der Waals surface area contributed by atoms with Crippen molar-refractivity contribution in [2.24, 2.45) is 0 Å². The van der Waals surface area contributed by atoms with E-state index in [1.807, 2.05) is 30.3 Å². The van der Waals surface area contributed by atoms with Crippen molar-refractivity contribution in [2.45, 2.75) is 6.61 Å². The number of carbonyl (C=O) groups is 2. The predicted octanol–water partition coefficient (Wildman–Crippen LogP) is 3.78. The zero-order chi connectivity index (χ0) is 14.4. The molecule has 0 N–H and O–H groups in total. The number of rotatable bonds is 4. The van der Waals surface area contributed by atoms with Crippen LogP contribution in [0.25, 0.3) is 0 Å². The number of para-hydroxylation sites is 1. The molecule has 0 unspecified atom stereocenters. The molecule has 2 aromatic rings. The van der Waals surface area contributed by atoms with Crippen LogP contribution in [0.1, 0.15) is 15.9 Å².